The van der Waals surface area contributed by atoms with Gasteiger partial charge in [-0.25, -0.2) is 0 Å². The number of benzene rings is 2. The lowest BCUT2D eigenvalue weighted by Gasteiger charge is -2.09. The van der Waals surface area contributed by atoms with E-state index in [0.717, 1.165) is 22.7 Å². The Bertz CT molecular complexity index is 931. The Kier molecular flexibility index (Phi) is 6.28. The van der Waals surface area contributed by atoms with E-state index in [1.807, 2.05) is 42.5 Å². The monoisotopic (exact) mass is 381 g/mol. The van der Waals surface area contributed by atoms with Crippen molar-refractivity contribution in [3.63, 3.8) is 0 Å². The third-order valence-corrected chi connectivity index (χ3v) is 4.17. The summed E-state index contributed by atoms with van der Waals surface area (Å²) in [7, 11) is 1.64. The molecule has 0 unspecified atom stereocenters. The number of aromatic nitrogens is 1. The molecule has 0 aliphatic rings. The van der Waals surface area contributed by atoms with E-state index in [-0.39, 0.29) is 5.91 Å². The molecular weight excluding hydrogens is 362 g/mol. The van der Waals surface area contributed by atoms with Crippen LogP contribution in [0.5, 0.6) is 5.75 Å². The van der Waals surface area contributed by atoms with E-state index in [1.54, 1.807) is 31.5 Å². The SMILES string of the molecule is COc1cccc(CCNC(=O)c2cc(Nc3cccc(Cl)c3)ccn2)c1. The van der Waals surface area contributed by atoms with Crippen molar-refractivity contribution < 1.29 is 9.53 Å². The van der Waals surface area contributed by atoms with Gasteiger partial charge < -0.3 is 15.4 Å². The minimum absolute atomic E-state index is 0.215. The molecule has 0 atom stereocenters. The average Bonchev–Trinajstić information content (AvgIpc) is 2.68. The fraction of sp³-hybridized carbons (Fsp3) is 0.143. The number of nitrogens with zero attached hydrogens (tertiary/aromatic N) is 1. The smallest absolute Gasteiger partial charge is 0.269 e. The molecule has 0 radical (unpaired) electrons. The van der Waals surface area contributed by atoms with E-state index in [2.05, 4.69) is 15.6 Å². The summed E-state index contributed by atoms with van der Waals surface area (Å²) in [6.07, 6.45) is 2.31. The number of rotatable bonds is 7. The summed E-state index contributed by atoms with van der Waals surface area (Å²) in [6.45, 7) is 0.514. The Balaban J connectivity index is 1.58. The van der Waals surface area contributed by atoms with Gasteiger partial charge in [-0.3, -0.25) is 9.78 Å². The highest BCUT2D eigenvalue weighted by atomic mass is 35.5. The van der Waals surface area contributed by atoms with Crippen LogP contribution in [-0.4, -0.2) is 24.5 Å². The zero-order valence-corrected chi connectivity index (χ0v) is 15.7. The van der Waals surface area contributed by atoms with Gasteiger partial charge in [-0.2, -0.15) is 0 Å². The van der Waals surface area contributed by atoms with Crippen LogP contribution in [0.3, 0.4) is 0 Å². The molecule has 1 aromatic heterocycles. The Morgan fingerprint density at radius 3 is 2.70 bits per heavy atom. The molecule has 0 saturated carbocycles. The first kappa shape index (κ1) is 18.7. The van der Waals surface area contributed by atoms with Gasteiger partial charge >= 0.3 is 0 Å². The molecule has 2 aromatic carbocycles. The maximum absolute atomic E-state index is 12.4. The van der Waals surface area contributed by atoms with Crippen LogP contribution in [0.25, 0.3) is 0 Å². The van der Waals surface area contributed by atoms with Gasteiger partial charge in [-0.05, 0) is 54.4 Å². The third-order valence-electron chi connectivity index (χ3n) is 3.94. The van der Waals surface area contributed by atoms with Crippen LogP contribution in [0.1, 0.15) is 16.1 Å². The minimum Gasteiger partial charge on any atom is -0.497 e. The first-order chi connectivity index (χ1) is 13.1. The molecule has 0 spiro atoms. The highest BCUT2D eigenvalue weighted by Gasteiger charge is 2.08. The van der Waals surface area contributed by atoms with E-state index >= 15 is 0 Å². The normalized spacial score (nSPS) is 10.3. The van der Waals surface area contributed by atoms with Crippen LogP contribution in [0, 0.1) is 0 Å². The third kappa shape index (κ3) is 5.46. The molecule has 138 valence electrons. The zero-order chi connectivity index (χ0) is 19.1. The largest absolute Gasteiger partial charge is 0.497 e. The number of nitrogens with one attached hydrogen (secondary N) is 2. The summed E-state index contributed by atoms with van der Waals surface area (Å²) in [5.41, 5.74) is 3.06. The van der Waals surface area contributed by atoms with E-state index in [9.17, 15) is 4.79 Å². The number of hydrogen-bond acceptors (Lipinski definition) is 4. The molecule has 1 heterocycles. The highest BCUT2D eigenvalue weighted by molar-refractivity contribution is 6.30. The second-order valence-electron chi connectivity index (χ2n) is 5.92. The second kappa shape index (κ2) is 9.05. The van der Waals surface area contributed by atoms with Gasteiger partial charge in [0.1, 0.15) is 11.4 Å². The number of halogens is 1. The van der Waals surface area contributed by atoms with Crippen molar-refractivity contribution in [3.05, 3.63) is 83.1 Å². The molecule has 3 aromatic rings. The van der Waals surface area contributed by atoms with Gasteiger partial charge in [0.15, 0.2) is 0 Å². The van der Waals surface area contributed by atoms with Crippen LogP contribution in [0.4, 0.5) is 11.4 Å². The number of pyridine rings is 1. The van der Waals surface area contributed by atoms with Crippen molar-refractivity contribution in [1.82, 2.24) is 10.3 Å². The lowest BCUT2D eigenvalue weighted by molar-refractivity contribution is 0.0949. The predicted octanol–water partition coefficient (Wildman–Crippen LogP) is 4.46. The van der Waals surface area contributed by atoms with E-state index in [4.69, 9.17) is 16.3 Å². The maximum Gasteiger partial charge on any atom is 0.269 e. The fourth-order valence-electron chi connectivity index (χ4n) is 2.60. The van der Waals surface area contributed by atoms with Crippen molar-refractivity contribution in [1.29, 1.82) is 0 Å². The van der Waals surface area contributed by atoms with Gasteiger partial charge in [0.2, 0.25) is 0 Å². The molecule has 0 aliphatic carbocycles. The van der Waals surface area contributed by atoms with E-state index in [1.165, 1.54) is 0 Å². The molecular formula is C21H20ClN3O2. The lowest BCUT2D eigenvalue weighted by Crippen LogP contribution is -2.26. The van der Waals surface area contributed by atoms with Gasteiger partial charge in [-0.15, -0.1) is 0 Å². The summed E-state index contributed by atoms with van der Waals surface area (Å²) in [4.78, 5) is 16.5. The van der Waals surface area contributed by atoms with Crippen molar-refractivity contribution in [2.45, 2.75) is 6.42 Å². The Morgan fingerprint density at radius 2 is 1.89 bits per heavy atom. The number of methoxy groups -OCH3 is 1. The Labute approximate surface area is 163 Å². The molecule has 1 amide bonds. The number of carbonyl (C=O) groups is 1. The van der Waals surface area contributed by atoms with Gasteiger partial charge in [0, 0.05) is 29.1 Å². The highest BCUT2D eigenvalue weighted by Crippen LogP contribution is 2.20. The number of amides is 1. The quantitative estimate of drug-likeness (QED) is 0.634. The first-order valence-corrected chi connectivity index (χ1v) is 8.91. The Morgan fingerprint density at radius 1 is 1.07 bits per heavy atom. The van der Waals surface area contributed by atoms with Crippen LogP contribution in [-0.2, 0) is 6.42 Å². The molecule has 2 N–H and O–H groups in total. The van der Waals surface area contributed by atoms with Crippen molar-refractivity contribution in [2.75, 3.05) is 19.0 Å². The second-order valence-corrected chi connectivity index (χ2v) is 6.36. The Hall–Kier alpha value is -3.05. The van der Waals surface area contributed by atoms with Crippen LogP contribution < -0.4 is 15.4 Å². The molecule has 0 fully saturated rings. The predicted molar refractivity (Wildman–Crippen MR) is 108 cm³/mol. The molecule has 0 saturated heterocycles. The molecule has 3 rings (SSSR count). The fourth-order valence-corrected chi connectivity index (χ4v) is 2.79. The molecule has 0 aliphatic heterocycles. The molecule has 6 heteroatoms. The van der Waals surface area contributed by atoms with Crippen molar-refractivity contribution in [3.8, 4) is 5.75 Å². The van der Waals surface area contributed by atoms with Crippen LogP contribution >= 0.6 is 11.6 Å². The summed E-state index contributed by atoms with van der Waals surface area (Å²) in [6, 6.07) is 18.7. The zero-order valence-electron chi connectivity index (χ0n) is 14.9. The van der Waals surface area contributed by atoms with E-state index in [0.29, 0.717) is 23.7 Å². The lowest BCUT2D eigenvalue weighted by atomic mass is 10.1. The number of anilines is 2. The summed E-state index contributed by atoms with van der Waals surface area (Å²) >= 11 is 6.00. The molecule has 0 bridgehead atoms. The topological polar surface area (TPSA) is 63.2 Å². The maximum atomic E-state index is 12.4. The van der Waals surface area contributed by atoms with Crippen LogP contribution in [0.2, 0.25) is 5.02 Å². The molecule has 27 heavy (non-hydrogen) atoms. The van der Waals surface area contributed by atoms with Crippen molar-refractivity contribution >= 4 is 28.9 Å². The van der Waals surface area contributed by atoms with Crippen LogP contribution in [0.15, 0.2) is 66.9 Å². The summed E-state index contributed by atoms with van der Waals surface area (Å²) in [5.74, 6) is 0.591. The average molecular weight is 382 g/mol. The van der Waals surface area contributed by atoms with Gasteiger partial charge in [0.25, 0.3) is 5.91 Å². The van der Waals surface area contributed by atoms with E-state index < -0.39 is 0 Å². The number of hydrogen-bond donors (Lipinski definition) is 2. The molecule has 5 nitrogen and oxygen atoms in total. The summed E-state index contributed by atoms with van der Waals surface area (Å²) < 4.78 is 5.21. The first-order valence-electron chi connectivity index (χ1n) is 8.54. The number of ether oxygens (including phenoxy) is 1. The van der Waals surface area contributed by atoms with Gasteiger partial charge in [0.05, 0.1) is 7.11 Å². The summed E-state index contributed by atoms with van der Waals surface area (Å²) in [5, 5.41) is 6.75. The van der Waals surface area contributed by atoms with Crippen molar-refractivity contribution in [2.24, 2.45) is 0 Å². The minimum atomic E-state index is -0.215. The van der Waals surface area contributed by atoms with Gasteiger partial charge in [-0.1, -0.05) is 29.8 Å². The standard InChI is InChI=1S/C21H20ClN3O2/c1-27-19-7-2-4-15(12-19)8-10-24-21(26)20-14-18(9-11-23-20)25-17-6-3-5-16(22)13-17/h2-7,9,11-14H,8,10H2,1H3,(H,23,25)(H,24,26). The number of carbonyl (C=O) groups excluding carboxylic acids is 1.